The molecule has 0 amide bonds. The molecule has 20 nitrogen and oxygen atoms in total. The number of aromatic nitrogens is 6. The molecule has 3 aromatic heterocycles. The van der Waals surface area contributed by atoms with Gasteiger partial charge in [0.2, 0.25) is 0 Å². The summed E-state index contributed by atoms with van der Waals surface area (Å²) in [7, 11) is 0. The fraction of sp³-hybridized carbons (Fsp3) is 0.0204. The largest absolute Gasteiger partial charge is 0.573 e. The Balaban J connectivity index is 0.000000144. The highest BCUT2D eigenvalue weighted by Gasteiger charge is 2.38. The van der Waals surface area contributed by atoms with Crippen LogP contribution in [0.4, 0.5) is 60.5 Å². The van der Waals surface area contributed by atoms with Crippen LogP contribution >= 0.6 is 0 Å². The zero-order valence-electron chi connectivity index (χ0n) is 63.7. The second-order valence-electron chi connectivity index (χ2n) is 27.4. The third-order valence-corrected chi connectivity index (χ3v) is 20.3. The van der Waals surface area contributed by atoms with Gasteiger partial charge in [0.15, 0.2) is 34.2 Å². The Labute approximate surface area is 700 Å². The van der Waals surface area contributed by atoms with E-state index < -0.39 is 35.4 Å². The summed E-state index contributed by atoms with van der Waals surface area (Å²) in [4.78, 5) is 29.4. The lowest BCUT2D eigenvalue weighted by molar-refractivity contribution is -0.275. The number of allylic oxidation sites excluding steroid dienone is 2. The minimum Gasteiger partial charge on any atom is -0.406 e. The van der Waals surface area contributed by atoms with E-state index in [-0.39, 0.29) is 101 Å². The number of nitrogens with zero attached hydrogens (tertiary/aromatic N) is 18. The fourth-order valence-corrected chi connectivity index (χ4v) is 15.0. The SMILES string of the molecule is N#CC(C#N)=C1c2cc(OC(F)(F)F)ccc2-c2cc3c(cc21)C(=C(C#N)C#N)c1cc(OC(F)(F)F)ccc1-3.N#Cc1nc2c3nc(C#N)c(C#N)nc3c3nc(C#N)c(C#N)nc3c2nc1C#N.c1ccc(-c2ccc(N(c3ccc(-c4ccccc4)cc3)c3ccc(-c4ccc(N(c5ccccc5)c5cccc6ccccc56)cc4)cc3)cc2)cc1. The molecule has 0 spiro atoms. The Hall–Kier alpha value is -18.7. The Kier molecular flexibility index (Phi) is 21.1. The zero-order valence-corrected chi connectivity index (χ0v) is 63.7. The summed E-state index contributed by atoms with van der Waals surface area (Å²) >= 11 is 0. The Morgan fingerprint density at radius 3 is 0.855 bits per heavy atom. The van der Waals surface area contributed by atoms with Crippen LogP contribution in [0.25, 0.3) is 111 Å². The van der Waals surface area contributed by atoms with Gasteiger partial charge in [0, 0.05) is 45.0 Å². The molecule has 0 fully saturated rings. The number of fused-ring (bicyclic) bond motifs is 13. The van der Waals surface area contributed by atoms with Gasteiger partial charge in [-0.1, -0.05) is 176 Å². The highest BCUT2D eigenvalue weighted by Crippen LogP contribution is 2.55. The van der Waals surface area contributed by atoms with Gasteiger partial charge in [-0.15, -0.1) is 26.3 Å². The summed E-state index contributed by atoms with van der Waals surface area (Å²) in [6.07, 6.45) is -10.00. The van der Waals surface area contributed by atoms with E-state index in [2.05, 4.69) is 280 Å². The number of hydrogen-bond acceptors (Lipinski definition) is 20. The smallest absolute Gasteiger partial charge is 0.406 e. The van der Waals surface area contributed by atoms with Gasteiger partial charge < -0.3 is 19.3 Å². The van der Waals surface area contributed by atoms with Crippen LogP contribution in [-0.2, 0) is 0 Å². The molecule has 16 aromatic rings. The molecule has 2 aliphatic rings. The molecule has 0 bridgehead atoms. The number of ether oxygens (including phenoxy) is 2. The van der Waals surface area contributed by atoms with Gasteiger partial charge in [-0.25, -0.2) is 29.9 Å². The zero-order chi connectivity index (χ0) is 86.5. The molecule has 0 saturated heterocycles. The van der Waals surface area contributed by atoms with Crippen LogP contribution in [0.2, 0.25) is 0 Å². The molecule has 3 heterocycles. The van der Waals surface area contributed by atoms with Crippen molar-refractivity contribution in [3.8, 4) is 128 Å². The summed E-state index contributed by atoms with van der Waals surface area (Å²) in [6.45, 7) is 0. The Morgan fingerprint density at radius 1 is 0.258 bits per heavy atom. The summed E-state index contributed by atoms with van der Waals surface area (Å²) in [5.41, 5.74) is 13.3. The van der Waals surface area contributed by atoms with Crippen LogP contribution < -0.4 is 19.3 Å². The van der Waals surface area contributed by atoms with Crippen LogP contribution in [0.1, 0.15) is 56.4 Å². The number of halogens is 6. The standard InChI is InChI=1S/C52H38N2.C28H8F6N4O2.C18N12/c1-4-13-39(14-5-1)41-23-31-47(32-24-41)53(48-33-25-42(26-34-48)40-15-6-2-7-16-40)49-35-27-43(28-36-49)44-29-37-50(38-30-44)54(46-19-8-3-9-20-46)52-22-12-18-45-17-10-11-21-51(45)52;29-27(30,31)39-15-1-3-17-19-7-20-18-4-2-16(40-28(32,33)34)6-22(18)26(14(11-37)12-38)24(20)8-23(19)25(21(17)5-15)13(9-35)10-36;19-1-7-8(2-20)26-14-13(25-7)15-17(29-10(4-22)9(3-21)27-15)18-16(14)28-11(5-23)12(6-24)30-18/h1-38H;1-8H;. The number of benzene rings is 13. The molecule has 0 aliphatic heterocycles. The molecule has 0 atom stereocenters. The first kappa shape index (κ1) is 79.2. The van der Waals surface area contributed by atoms with Gasteiger partial charge in [-0.05, 0) is 186 Å². The monoisotopic (exact) mass is 1620 g/mol. The predicted molar refractivity (Wildman–Crippen MR) is 449 cm³/mol. The molecule has 124 heavy (non-hydrogen) atoms. The van der Waals surface area contributed by atoms with Crippen LogP contribution in [0.3, 0.4) is 0 Å². The average Bonchev–Trinajstić information content (AvgIpc) is 1.53. The number of rotatable bonds is 11. The van der Waals surface area contributed by atoms with Crippen molar-refractivity contribution in [1.82, 2.24) is 29.9 Å². The molecular formula is C98H46F6N18O2. The first-order chi connectivity index (χ1) is 60.3. The third-order valence-electron chi connectivity index (χ3n) is 20.3. The van der Waals surface area contributed by atoms with Gasteiger partial charge in [-0.2, -0.15) is 52.6 Å². The quantitative estimate of drug-likeness (QED) is 0.0659. The maximum atomic E-state index is 12.9. The van der Waals surface area contributed by atoms with Crippen molar-refractivity contribution in [2.75, 3.05) is 9.80 Å². The maximum absolute atomic E-state index is 12.9. The van der Waals surface area contributed by atoms with E-state index in [0.29, 0.717) is 22.3 Å². The van der Waals surface area contributed by atoms with E-state index in [1.807, 2.05) is 0 Å². The molecular weight excluding hydrogens is 1580 g/mol. The van der Waals surface area contributed by atoms with Gasteiger partial charge >= 0.3 is 12.7 Å². The molecule has 18 rings (SSSR count). The predicted octanol–water partition coefficient (Wildman–Crippen LogP) is 22.7. The number of hydrogen-bond donors (Lipinski definition) is 0. The highest BCUT2D eigenvalue weighted by molar-refractivity contribution is 6.18. The molecule has 0 saturated carbocycles. The van der Waals surface area contributed by atoms with Gasteiger partial charge in [0.1, 0.15) is 116 Å². The number of alkyl halides is 6. The van der Waals surface area contributed by atoms with Crippen molar-refractivity contribution in [3.63, 3.8) is 0 Å². The van der Waals surface area contributed by atoms with E-state index in [1.165, 1.54) is 62.4 Å². The first-order valence-corrected chi connectivity index (χ1v) is 37.2. The van der Waals surface area contributed by atoms with Crippen molar-refractivity contribution in [2.45, 2.75) is 12.7 Å². The summed E-state index contributed by atoms with van der Waals surface area (Å²) in [5, 5.41) is 96.7. The number of anilines is 6. The topological polar surface area (TPSA) is 340 Å². The molecule has 582 valence electrons. The van der Waals surface area contributed by atoms with Gasteiger partial charge in [-0.3, -0.25) is 0 Å². The van der Waals surface area contributed by atoms with Crippen molar-refractivity contribution in [2.24, 2.45) is 0 Å². The molecule has 0 radical (unpaired) electrons. The van der Waals surface area contributed by atoms with E-state index in [0.717, 1.165) is 58.4 Å². The number of para-hydroxylation sites is 1. The highest BCUT2D eigenvalue weighted by atomic mass is 19.4. The lowest BCUT2D eigenvalue weighted by Crippen LogP contribution is -2.17. The van der Waals surface area contributed by atoms with Crippen LogP contribution in [0, 0.1) is 113 Å². The second-order valence-corrected chi connectivity index (χ2v) is 27.4. The fourth-order valence-electron chi connectivity index (χ4n) is 15.0. The van der Waals surface area contributed by atoms with E-state index in [9.17, 15) is 79.0 Å². The maximum Gasteiger partial charge on any atom is 0.573 e. The lowest BCUT2D eigenvalue weighted by Gasteiger charge is -2.27. The third kappa shape index (κ3) is 15.2. The summed E-state index contributed by atoms with van der Waals surface area (Å²) < 4.78 is 85.3. The normalized spacial score (nSPS) is 11.2. The minimum absolute atomic E-state index is 0.00251. The average molecular weight is 1620 g/mol. The van der Waals surface area contributed by atoms with Gasteiger partial charge in [0.05, 0.1) is 5.69 Å². The van der Waals surface area contributed by atoms with Crippen LogP contribution in [0.5, 0.6) is 11.5 Å². The molecule has 2 aliphatic carbocycles. The van der Waals surface area contributed by atoms with Crippen molar-refractivity contribution >= 4 is 89.1 Å². The van der Waals surface area contributed by atoms with Crippen molar-refractivity contribution in [3.05, 3.63) is 347 Å². The van der Waals surface area contributed by atoms with Crippen LogP contribution in [0.15, 0.2) is 290 Å². The molecule has 13 aromatic carbocycles. The number of nitriles is 10. The lowest BCUT2D eigenvalue weighted by atomic mass is 9.93. The van der Waals surface area contributed by atoms with E-state index in [4.69, 9.17) is 0 Å². The molecule has 0 unspecified atom stereocenters. The van der Waals surface area contributed by atoms with E-state index in [1.54, 1.807) is 66.8 Å². The minimum atomic E-state index is -5.00. The molecule has 26 heteroatoms. The first-order valence-electron chi connectivity index (χ1n) is 37.2. The second kappa shape index (κ2) is 33.1. The molecule has 0 N–H and O–H groups in total. The van der Waals surface area contributed by atoms with Gasteiger partial charge in [0.25, 0.3) is 0 Å². The Bertz CT molecular complexity index is 7020. The summed E-state index contributed by atoms with van der Waals surface area (Å²) in [5.74, 6) is -1.17. The Morgan fingerprint density at radius 2 is 0.532 bits per heavy atom. The van der Waals surface area contributed by atoms with Crippen LogP contribution in [-0.4, -0.2) is 42.6 Å². The van der Waals surface area contributed by atoms with E-state index >= 15 is 0 Å². The van der Waals surface area contributed by atoms with Crippen molar-refractivity contribution < 1.29 is 35.8 Å². The van der Waals surface area contributed by atoms with Crippen molar-refractivity contribution in [1.29, 1.82) is 52.6 Å². The summed E-state index contributed by atoms with van der Waals surface area (Å²) in [6, 6.07) is 110.